The van der Waals surface area contributed by atoms with Crippen LogP contribution in [-0.2, 0) is 4.74 Å². The lowest BCUT2D eigenvalue weighted by atomic mass is 10.3. The lowest BCUT2D eigenvalue weighted by molar-refractivity contribution is 0.0870. The standard InChI is InChI=1S/C11H17N3OS/c1-8(2)15-6-5-13-9-3-4-14-10(7-9)11(12)16/h3-4,7-8H,5-6H2,1-2H3,(H2,12,16)(H,13,14). The minimum absolute atomic E-state index is 0.256. The number of rotatable bonds is 6. The number of hydrogen-bond donors (Lipinski definition) is 2. The molecule has 0 aliphatic rings. The van der Waals surface area contributed by atoms with Crippen LogP contribution in [0.2, 0.25) is 0 Å². The lowest BCUT2D eigenvalue weighted by Crippen LogP contribution is -2.15. The summed E-state index contributed by atoms with van der Waals surface area (Å²) in [6.45, 7) is 5.44. The van der Waals surface area contributed by atoms with Crippen LogP contribution in [-0.4, -0.2) is 29.2 Å². The highest BCUT2D eigenvalue weighted by Crippen LogP contribution is 2.07. The van der Waals surface area contributed by atoms with Crippen molar-refractivity contribution in [3.8, 4) is 0 Å². The Hall–Kier alpha value is -1.20. The Morgan fingerprint density at radius 1 is 1.62 bits per heavy atom. The van der Waals surface area contributed by atoms with E-state index in [1.807, 2.05) is 26.0 Å². The van der Waals surface area contributed by atoms with Gasteiger partial charge in [-0.25, -0.2) is 0 Å². The number of pyridine rings is 1. The molecule has 88 valence electrons. The molecular formula is C11H17N3OS. The van der Waals surface area contributed by atoms with Crippen LogP contribution in [0.1, 0.15) is 19.5 Å². The van der Waals surface area contributed by atoms with E-state index in [4.69, 9.17) is 22.7 Å². The van der Waals surface area contributed by atoms with E-state index in [1.54, 1.807) is 6.20 Å². The fourth-order valence-electron chi connectivity index (χ4n) is 1.17. The molecule has 0 atom stereocenters. The predicted octanol–water partition coefficient (Wildman–Crippen LogP) is 1.55. The van der Waals surface area contributed by atoms with Gasteiger partial charge in [0, 0.05) is 18.4 Å². The number of nitrogens with one attached hydrogen (secondary N) is 1. The molecule has 0 fully saturated rings. The molecule has 3 N–H and O–H groups in total. The Morgan fingerprint density at radius 2 is 2.38 bits per heavy atom. The summed E-state index contributed by atoms with van der Waals surface area (Å²) in [7, 11) is 0. The zero-order valence-electron chi connectivity index (χ0n) is 9.56. The van der Waals surface area contributed by atoms with E-state index in [2.05, 4.69) is 10.3 Å². The highest BCUT2D eigenvalue weighted by atomic mass is 32.1. The second kappa shape index (κ2) is 6.40. The van der Waals surface area contributed by atoms with Gasteiger partial charge in [0.1, 0.15) is 4.99 Å². The number of nitrogens with two attached hydrogens (primary N) is 1. The third-order valence-corrected chi connectivity index (χ3v) is 2.10. The summed E-state index contributed by atoms with van der Waals surface area (Å²) < 4.78 is 5.41. The Balaban J connectivity index is 2.42. The fourth-order valence-corrected chi connectivity index (χ4v) is 1.28. The van der Waals surface area contributed by atoms with E-state index in [0.717, 1.165) is 12.2 Å². The Bertz CT molecular complexity index is 355. The molecular weight excluding hydrogens is 222 g/mol. The fraction of sp³-hybridized carbons (Fsp3) is 0.455. The molecule has 0 saturated heterocycles. The van der Waals surface area contributed by atoms with Gasteiger partial charge in [0.15, 0.2) is 0 Å². The number of nitrogens with zero attached hydrogens (tertiary/aromatic N) is 1. The number of ether oxygens (including phenoxy) is 1. The van der Waals surface area contributed by atoms with Gasteiger partial charge in [-0.05, 0) is 26.0 Å². The van der Waals surface area contributed by atoms with Crippen molar-refractivity contribution in [2.45, 2.75) is 20.0 Å². The quantitative estimate of drug-likeness (QED) is 0.582. The van der Waals surface area contributed by atoms with Crippen molar-refractivity contribution in [3.63, 3.8) is 0 Å². The third-order valence-electron chi connectivity index (χ3n) is 1.89. The molecule has 5 heteroatoms. The molecule has 0 amide bonds. The second-order valence-corrected chi connectivity index (χ2v) is 4.08. The first-order valence-electron chi connectivity index (χ1n) is 5.21. The first kappa shape index (κ1) is 12.9. The van der Waals surface area contributed by atoms with Gasteiger partial charge in [0.25, 0.3) is 0 Å². The van der Waals surface area contributed by atoms with Crippen molar-refractivity contribution in [3.05, 3.63) is 24.0 Å². The molecule has 0 bridgehead atoms. The number of aromatic nitrogens is 1. The van der Waals surface area contributed by atoms with Gasteiger partial charge in [0.2, 0.25) is 0 Å². The van der Waals surface area contributed by atoms with Crippen LogP contribution in [0.15, 0.2) is 18.3 Å². The highest BCUT2D eigenvalue weighted by molar-refractivity contribution is 7.80. The van der Waals surface area contributed by atoms with Crippen LogP contribution in [0.25, 0.3) is 0 Å². The van der Waals surface area contributed by atoms with Crippen LogP contribution in [0.4, 0.5) is 5.69 Å². The van der Waals surface area contributed by atoms with Crippen molar-refractivity contribution >= 4 is 22.9 Å². The van der Waals surface area contributed by atoms with Crippen molar-refractivity contribution < 1.29 is 4.74 Å². The van der Waals surface area contributed by atoms with E-state index in [1.165, 1.54) is 0 Å². The van der Waals surface area contributed by atoms with E-state index in [9.17, 15) is 0 Å². The average molecular weight is 239 g/mol. The molecule has 0 aromatic carbocycles. The molecule has 0 saturated carbocycles. The van der Waals surface area contributed by atoms with Gasteiger partial charge in [-0.3, -0.25) is 4.98 Å². The van der Waals surface area contributed by atoms with Gasteiger partial charge in [-0.15, -0.1) is 0 Å². The summed E-state index contributed by atoms with van der Waals surface area (Å²) in [6, 6.07) is 3.70. The van der Waals surface area contributed by atoms with Gasteiger partial charge in [-0.1, -0.05) is 12.2 Å². The molecule has 16 heavy (non-hydrogen) atoms. The molecule has 0 aliphatic heterocycles. The van der Waals surface area contributed by atoms with E-state index >= 15 is 0 Å². The first-order chi connectivity index (χ1) is 7.59. The number of hydrogen-bond acceptors (Lipinski definition) is 4. The molecule has 0 aliphatic carbocycles. The predicted molar refractivity (Wildman–Crippen MR) is 69.7 cm³/mol. The SMILES string of the molecule is CC(C)OCCNc1ccnc(C(N)=S)c1. The molecule has 1 aromatic rings. The van der Waals surface area contributed by atoms with Gasteiger partial charge in [0.05, 0.1) is 18.4 Å². The van der Waals surface area contributed by atoms with Gasteiger partial charge in [-0.2, -0.15) is 0 Å². The molecule has 0 spiro atoms. The summed E-state index contributed by atoms with van der Waals surface area (Å²) >= 11 is 4.85. The average Bonchev–Trinajstić information content (AvgIpc) is 2.24. The smallest absolute Gasteiger partial charge is 0.122 e. The normalized spacial score (nSPS) is 10.4. The van der Waals surface area contributed by atoms with Gasteiger partial charge >= 0.3 is 0 Å². The van der Waals surface area contributed by atoms with Crippen molar-refractivity contribution in [2.75, 3.05) is 18.5 Å². The first-order valence-corrected chi connectivity index (χ1v) is 5.61. The summed E-state index contributed by atoms with van der Waals surface area (Å²) in [5, 5.41) is 3.22. The maximum Gasteiger partial charge on any atom is 0.122 e. The third kappa shape index (κ3) is 4.55. The molecule has 1 heterocycles. The van der Waals surface area contributed by atoms with Crippen molar-refractivity contribution in [1.82, 2.24) is 4.98 Å². The largest absolute Gasteiger partial charge is 0.388 e. The maximum absolute atomic E-state index is 5.49. The summed E-state index contributed by atoms with van der Waals surface area (Å²) in [4.78, 5) is 4.37. The van der Waals surface area contributed by atoms with Crippen molar-refractivity contribution in [2.24, 2.45) is 5.73 Å². The van der Waals surface area contributed by atoms with Crippen LogP contribution in [0, 0.1) is 0 Å². The van der Waals surface area contributed by atoms with Crippen LogP contribution in [0.3, 0.4) is 0 Å². The maximum atomic E-state index is 5.49. The van der Waals surface area contributed by atoms with Crippen LogP contribution < -0.4 is 11.1 Å². The molecule has 1 aromatic heterocycles. The number of anilines is 1. The Morgan fingerprint density at radius 3 is 3.00 bits per heavy atom. The monoisotopic (exact) mass is 239 g/mol. The molecule has 0 radical (unpaired) electrons. The zero-order valence-corrected chi connectivity index (χ0v) is 10.4. The van der Waals surface area contributed by atoms with Crippen molar-refractivity contribution in [1.29, 1.82) is 0 Å². The topological polar surface area (TPSA) is 60.2 Å². The van der Waals surface area contributed by atoms with E-state index < -0.39 is 0 Å². The lowest BCUT2D eigenvalue weighted by Gasteiger charge is -2.09. The van der Waals surface area contributed by atoms with Crippen LogP contribution in [0.5, 0.6) is 0 Å². The zero-order chi connectivity index (χ0) is 12.0. The molecule has 4 nitrogen and oxygen atoms in total. The summed E-state index contributed by atoms with van der Waals surface area (Å²) in [5.74, 6) is 0. The minimum atomic E-state index is 0.256. The molecule has 1 rings (SSSR count). The molecule has 0 unspecified atom stereocenters. The Kier molecular flexibility index (Phi) is 5.14. The highest BCUT2D eigenvalue weighted by Gasteiger charge is 1.99. The Labute approximate surface area is 101 Å². The van der Waals surface area contributed by atoms with E-state index in [-0.39, 0.29) is 6.10 Å². The summed E-state index contributed by atoms with van der Waals surface area (Å²) in [5.41, 5.74) is 7.07. The van der Waals surface area contributed by atoms with Crippen LogP contribution >= 0.6 is 12.2 Å². The van der Waals surface area contributed by atoms with Gasteiger partial charge < -0.3 is 15.8 Å². The minimum Gasteiger partial charge on any atom is -0.388 e. The number of thiocarbonyl (C=S) groups is 1. The summed E-state index contributed by atoms with van der Waals surface area (Å²) in [6.07, 6.45) is 1.94. The van der Waals surface area contributed by atoms with E-state index in [0.29, 0.717) is 17.3 Å². The second-order valence-electron chi connectivity index (χ2n) is 3.64.